The van der Waals surface area contributed by atoms with Crippen LogP contribution in [0.4, 0.5) is 0 Å². The smallest absolute Gasteiger partial charge is 0 e. The Bertz CT molecular complexity index is 54.2. The van der Waals surface area contributed by atoms with Crippen LogP contribution in [0.25, 0.3) is 0 Å². The Morgan fingerprint density at radius 3 is 0.857 bits per heavy atom. The van der Waals surface area contributed by atoms with Crippen molar-refractivity contribution in [2.45, 2.75) is 27.7 Å². The SMILES string of the molecule is CC(C)=C(C)C.[V]. The van der Waals surface area contributed by atoms with Crippen molar-refractivity contribution in [3.8, 4) is 0 Å². The number of hydrogen-bond acceptors (Lipinski definition) is 0. The first-order valence-electron chi connectivity index (χ1n) is 2.25. The number of allylic oxidation sites excluding steroid dienone is 2. The molecule has 41 valence electrons. The normalized spacial score (nSPS) is 6.86. The summed E-state index contributed by atoms with van der Waals surface area (Å²) in [5.74, 6) is 0. The van der Waals surface area contributed by atoms with Gasteiger partial charge in [-0.15, -0.1) is 0 Å². The van der Waals surface area contributed by atoms with E-state index in [4.69, 9.17) is 0 Å². The first kappa shape index (κ1) is 10.3. The molecule has 0 spiro atoms. The average Bonchev–Trinajstić information content (AvgIpc) is 1.36. The third kappa shape index (κ3) is 6.32. The maximum absolute atomic E-state index is 2.12. The molecule has 0 aromatic carbocycles. The van der Waals surface area contributed by atoms with Crippen LogP contribution < -0.4 is 0 Å². The van der Waals surface area contributed by atoms with Crippen LogP contribution >= 0.6 is 0 Å². The van der Waals surface area contributed by atoms with Crippen LogP contribution in [0.15, 0.2) is 11.1 Å². The van der Waals surface area contributed by atoms with Crippen molar-refractivity contribution >= 4 is 0 Å². The summed E-state index contributed by atoms with van der Waals surface area (Å²) in [6, 6.07) is 0. The summed E-state index contributed by atoms with van der Waals surface area (Å²) in [4.78, 5) is 0. The molecule has 0 saturated carbocycles. The van der Waals surface area contributed by atoms with Gasteiger partial charge in [0.25, 0.3) is 0 Å². The molecule has 0 unspecified atom stereocenters. The van der Waals surface area contributed by atoms with Gasteiger partial charge in [-0.05, 0) is 27.7 Å². The molecule has 0 amide bonds. The maximum Gasteiger partial charge on any atom is 0 e. The van der Waals surface area contributed by atoms with E-state index in [1.807, 2.05) is 0 Å². The number of hydrogen-bond donors (Lipinski definition) is 0. The molecule has 0 aromatic rings. The van der Waals surface area contributed by atoms with Gasteiger partial charge in [0.2, 0.25) is 0 Å². The third-order valence-corrected chi connectivity index (χ3v) is 1.00. The Morgan fingerprint density at radius 2 is 0.857 bits per heavy atom. The van der Waals surface area contributed by atoms with Crippen LogP contribution in [0.1, 0.15) is 27.7 Å². The molecule has 0 N–H and O–H groups in total. The van der Waals surface area contributed by atoms with Gasteiger partial charge in [-0.3, -0.25) is 0 Å². The predicted molar refractivity (Wildman–Crippen MR) is 29.7 cm³/mol. The van der Waals surface area contributed by atoms with Gasteiger partial charge in [0.05, 0.1) is 0 Å². The first-order valence-corrected chi connectivity index (χ1v) is 2.25. The summed E-state index contributed by atoms with van der Waals surface area (Å²) >= 11 is 0. The van der Waals surface area contributed by atoms with Crippen LogP contribution in [0, 0.1) is 0 Å². The van der Waals surface area contributed by atoms with Gasteiger partial charge in [-0.1, -0.05) is 11.1 Å². The standard InChI is InChI=1S/C6H12.V/c1-5(2)6(3)4;/h1-4H3;. The van der Waals surface area contributed by atoms with Crippen LogP contribution in [-0.2, 0) is 18.6 Å². The molecule has 0 bridgehead atoms. The van der Waals surface area contributed by atoms with Gasteiger partial charge in [0, 0.05) is 18.6 Å². The summed E-state index contributed by atoms with van der Waals surface area (Å²) in [6.45, 7) is 8.48. The Morgan fingerprint density at radius 1 is 0.714 bits per heavy atom. The molecule has 0 nitrogen and oxygen atoms in total. The molecule has 0 heterocycles. The second-order valence-electron chi connectivity index (χ2n) is 2.00. The molecule has 0 aliphatic heterocycles. The minimum atomic E-state index is 0. The monoisotopic (exact) mass is 135 g/mol. The van der Waals surface area contributed by atoms with Gasteiger partial charge >= 0.3 is 0 Å². The summed E-state index contributed by atoms with van der Waals surface area (Å²) in [5, 5.41) is 0. The van der Waals surface area contributed by atoms with Crippen molar-refractivity contribution in [1.29, 1.82) is 0 Å². The zero-order chi connectivity index (χ0) is 5.15. The van der Waals surface area contributed by atoms with E-state index in [9.17, 15) is 0 Å². The fourth-order valence-electron chi connectivity index (χ4n) is 0. The Kier molecular flexibility index (Phi) is 6.62. The Labute approximate surface area is 57.9 Å². The molecule has 1 heteroatoms. The minimum absolute atomic E-state index is 0. The van der Waals surface area contributed by atoms with Crippen LogP contribution in [0.5, 0.6) is 0 Å². The maximum atomic E-state index is 2.12. The second kappa shape index (κ2) is 4.48. The average molecular weight is 135 g/mol. The Hall–Kier alpha value is 0.324. The van der Waals surface area contributed by atoms with Gasteiger partial charge in [-0.25, -0.2) is 0 Å². The van der Waals surface area contributed by atoms with Gasteiger partial charge in [0.1, 0.15) is 0 Å². The first-order chi connectivity index (χ1) is 2.64. The molecule has 0 aliphatic rings. The quantitative estimate of drug-likeness (QED) is 0.447. The Balaban J connectivity index is 0. The van der Waals surface area contributed by atoms with Gasteiger partial charge < -0.3 is 0 Å². The van der Waals surface area contributed by atoms with Crippen molar-refractivity contribution in [3.63, 3.8) is 0 Å². The van der Waals surface area contributed by atoms with Crippen molar-refractivity contribution in [3.05, 3.63) is 11.1 Å². The van der Waals surface area contributed by atoms with E-state index in [0.29, 0.717) is 0 Å². The molecular weight excluding hydrogens is 123 g/mol. The summed E-state index contributed by atoms with van der Waals surface area (Å²) in [5.41, 5.74) is 2.85. The summed E-state index contributed by atoms with van der Waals surface area (Å²) in [7, 11) is 0. The van der Waals surface area contributed by atoms with Gasteiger partial charge in [-0.2, -0.15) is 0 Å². The van der Waals surface area contributed by atoms with Crippen molar-refractivity contribution in [1.82, 2.24) is 0 Å². The molecule has 0 saturated heterocycles. The zero-order valence-corrected chi connectivity index (χ0v) is 6.84. The molecule has 0 fully saturated rings. The largest absolute Gasteiger partial charge is 0.0778 e. The van der Waals surface area contributed by atoms with Crippen LogP contribution in [0.2, 0.25) is 0 Å². The van der Waals surface area contributed by atoms with E-state index >= 15 is 0 Å². The van der Waals surface area contributed by atoms with E-state index in [-0.39, 0.29) is 18.6 Å². The minimum Gasteiger partial charge on any atom is -0.0778 e. The molecule has 1 radical (unpaired) electrons. The van der Waals surface area contributed by atoms with E-state index in [2.05, 4.69) is 27.7 Å². The molecular formula is C6H12V. The molecule has 0 atom stereocenters. The van der Waals surface area contributed by atoms with Gasteiger partial charge in [0.15, 0.2) is 0 Å². The summed E-state index contributed by atoms with van der Waals surface area (Å²) in [6.07, 6.45) is 0. The van der Waals surface area contributed by atoms with Crippen molar-refractivity contribution in [2.75, 3.05) is 0 Å². The van der Waals surface area contributed by atoms with Crippen LogP contribution in [-0.4, -0.2) is 0 Å². The topological polar surface area (TPSA) is 0 Å². The number of rotatable bonds is 0. The third-order valence-electron chi connectivity index (χ3n) is 1.00. The fraction of sp³-hybridized carbons (Fsp3) is 0.667. The molecule has 0 aliphatic carbocycles. The predicted octanol–water partition coefficient (Wildman–Crippen LogP) is 2.36. The van der Waals surface area contributed by atoms with E-state index in [0.717, 1.165) is 0 Å². The molecule has 0 rings (SSSR count). The fourth-order valence-corrected chi connectivity index (χ4v) is 0. The van der Waals surface area contributed by atoms with E-state index < -0.39 is 0 Å². The van der Waals surface area contributed by atoms with Crippen molar-refractivity contribution < 1.29 is 18.6 Å². The second-order valence-corrected chi connectivity index (χ2v) is 2.00. The summed E-state index contributed by atoms with van der Waals surface area (Å²) < 4.78 is 0. The van der Waals surface area contributed by atoms with Crippen molar-refractivity contribution in [2.24, 2.45) is 0 Å². The van der Waals surface area contributed by atoms with Crippen LogP contribution in [0.3, 0.4) is 0 Å². The van der Waals surface area contributed by atoms with E-state index in [1.54, 1.807) is 0 Å². The zero-order valence-electron chi connectivity index (χ0n) is 5.45. The van der Waals surface area contributed by atoms with E-state index in [1.165, 1.54) is 11.1 Å². The molecule has 7 heavy (non-hydrogen) atoms. The molecule has 0 aromatic heterocycles.